The third-order valence-corrected chi connectivity index (χ3v) is 6.02. The summed E-state index contributed by atoms with van der Waals surface area (Å²) in [6.07, 6.45) is 1.22. The molecule has 0 spiro atoms. The first kappa shape index (κ1) is 18.8. The van der Waals surface area contributed by atoms with Gasteiger partial charge in [-0.05, 0) is 53.7 Å². The average molecular weight is 338 g/mol. The molecule has 0 aliphatic heterocycles. The fourth-order valence-electron chi connectivity index (χ4n) is 3.97. The average Bonchev–Trinajstić information content (AvgIpc) is 3.18. The topological polar surface area (TPSA) is 46.2 Å². The summed E-state index contributed by atoms with van der Waals surface area (Å²) < 4.78 is 0. The number of halogens is 1. The van der Waals surface area contributed by atoms with Gasteiger partial charge in [-0.3, -0.25) is 0 Å². The molecule has 2 nitrogen and oxygen atoms in total. The lowest BCUT2D eigenvalue weighted by molar-refractivity contribution is 0.120. The molecule has 23 heavy (non-hydrogen) atoms. The van der Waals surface area contributed by atoms with Crippen molar-refractivity contribution in [2.45, 2.75) is 59.4 Å². The Kier molecular flexibility index (Phi) is 5.21. The van der Waals surface area contributed by atoms with E-state index in [2.05, 4.69) is 46.8 Å². The van der Waals surface area contributed by atoms with E-state index in [4.69, 9.17) is 17.3 Å². The smallest absolute Gasteiger partial charge is 0.0482 e. The number of aliphatic hydroxyl groups is 1. The van der Waals surface area contributed by atoms with Gasteiger partial charge in [-0.25, -0.2) is 0 Å². The highest BCUT2D eigenvalue weighted by Crippen LogP contribution is 2.58. The van der Waals surface area contributed by atoms with Crippen LogP contribution in [-0.4, -0.2) is 11.7 Å². The number of hydrogen-bond donors (Lipinski definition) is 2. The van der Waals surface area contributed by atoms with Crippen molar-refractivity contribution < 1.29 is 5.11 Å². The molecule has 3 heteroatoms. The Bertz CT molecular complexity index is 559. The van der Waals surface area contributed by atoms with Gasteiger partial charge in [0.25, 0.3) is 0 Å². The van der Waals surface area contributed by atoms with Crippen molar-refractivity contribution in [2.24, 2.45) is 28.9 Å². The number of nitrogens with two attached hydrogens (primary N) is 1. The maximum Gasteiger partial charge on any atom is 0.0482 e. The van der Waals surface area contributed by atoms with E-state index in [1.165, 1.54) is 12.0 Å². The molecule has 2 rings (SSSR count). The van der Waals surface area contributed by atoms with Crippen molar-refractivity contribution in [1.29, 1.82) is 0 Å². The molecule has 1 aromatic rings. The van der Waals surface area contributed by atoms with Crippen LogP contribution in [0.1, 0.15) is 65.0 Å². The number of rotatable bonds is 5. The number of aliphatic hydroxyl groups excluding tert-OH is 1. The highest BCUT2D eigenvalue weighted by atomic mass is 35.5. The first-order valence-corrected chi connectivity index (χ1v) is 9.07. The standard InChI is InChI=1S/C20H32ClNO/c1-12(2)17(11-23)20(6,22)13-7-8-14(18(21)9-13)15-10-16(15)19(3,4)5/h7-9,12,15-17,23H,10-11,22H2,1-6H3/t15-,16+,17?,20?/m0/s1. The molecule has 0 aromatic heterocycles. The summed E-state index contributed by atoms with van der Waals surface area (Å²) in [6.45, 7) is 13.2. The molecule has 1 aliphatic carbocycles. The summed E-state index contributed by atoms with van der Waals surface area (Å²) in [5.74, 6) is 1.59. The Morgan fingerprint density at radius 2 is 1.87 bits per heavy atom. The maximum absolute atomic E-state index is 9.73. The van der Waals surface area contributed by atoms with Crippen LogP contribution >= 0.6 is 11.6 Å². The lowest BCUT2D eigenvalue weighted by Crippen LogP contribution is -2.45. The number of hydrogen-bond acceptors (Lipinski definition) is 2. The molecule has 1 fully saturated rings. The monoisotopic (exact) mass is 337 g/mol. The minimum atomic E-state index is -0.585. The van der Waals surface area contributed by atoms with E-state index in [1.54, 1.807) is 0 Å². The molecule has 0 saturated heterocycles. The summed E-state index contributed by atoms with van der Waals surface area (Å²) in [4.78, 5) is 0. The molecule has 0 amide bonds. The molecule has 3 N–H and O–H groups in total. The zero-order chi connectivity index (χ0) is 17.6. The SMILES string of the molecule is CC(C)C(CO)C(C)(N)c1ccc([C@@H]2C[C@H]2C(C)(C)C)c(Cl)c1. The quantitative estimate of drug-likeness (QED) is 0.800. The van der Waals surface area contributed by atoms with Gasteiger partial charge in [-0.2, -0.15) is 0 Å². The molecule has 0 bridgehead atoms. The van der Waals surface area contributed by atoms with Crippen LogP contribution in [-0.2, 0) is 5.54 Å². The normalized spacial score (nSPS) is 25.3. The van der Waals surface area contributed by atoms with E-state index in [0.717, 1.165) is 10.6 Å². The summed E-state index contributed by atoms with van der Waals surface area (Å²) in [5.41, 5.74) is 8.58. The van der Waals surface area contributed by atoms with E-state index in [-0.39, 0.29) is 12.5 Å². The van der Waals surface area contributed by atoms with Crippen LogP contribution in [0.25, 0.3) is 0 Å². The number of benzene rings is 1. The van der Waals surface area contributed by atoms with E-state index in [0.29, 0.717) is 23.2 Å². The largest absolute Gasteiger partial charge is 0.396 e. The predicted molar refractivity (Wildman–Crippen MR) is 98.7 cm³/mol. The molecule has 130 valence electrons. The Labute approximate surface area is 146 Å². The Balaban J connectivity index is 2.26. The maximum atomic E-state index is 9.73. The van der Waals surface area contributed by atoms with Crippen LogP contribution in [0.4, 0.5) is 0 Å². The van der Waals surface area contributed by atoms with Crippen molar-refractivity contribution in [2.75, 3.05) is 6.61 Å². The van der Waals surface area contributed by atoms with Crippen molar-refractivity contribution >= 4 is 11.6 Å². The van der Waals surface area contributed by atoms with Crippen molar-refractivity contribution in [1.82, 2.24) is 0 Å². The van der Waals surface area contributed by atoms with Crippen LogP contribution in [0.2, 0.25) is 5.02 Å². The molecule has 1 saturated carbocycles. The van der Waals surface area contributed by atoms with Crippen molar-refractivity contribution in [3.63, 3.8) is 0 Å². The fourth-order valence-corrected chi connectivity index (χ4v) is 4.29. The van der Waals surface area contributed by atoms with Crippen LogP contribution < -0.4 is 5.73 Å². The highest BCUT2D eigenvalue weighted by molar-refractivity contribution is 6.31. The first-order valence-electron chi connectivity index (χ1n) is 8.69. The Morgan fingerprint density at radius 3 is 2.26 bits per heavy atom. The van der Waals surface area contributed by atoms with Gasteiger partial charge in [0, 0.05) is 23.1 Å². The lowest BCUT2D eigenvalue weighted by Gasteiger charge is -2.36. The second-order valence-electron chi connectivity index (χ2n) is 8.87. The highest BCUT2D eigenvalue weighted by Gasteiger charge is 2.46. The molecular formula is C20H32ClNO. The van der Waals surface area contributed by atoms with E-state index >= 15 is 0 Å². The van der Waals surface area contributed by atoms with Crippen LogP contribution in [0.5, 0.6) is 0 Å². The van der Waals surface area contributed by atoms with E-state index in [1.807, 2.05) is 13.0 Å². The van der Waals surface area contributed by atoms with Crippen LogP contribution in [0, 0.1) is 23.2 Å². The molecule has 4 atom stereocenters. The van der Waals surface area contributed by atoms with Gasteiger partial charge in [0.2, 0.25) is 0 Å². The second kappa shape index (κ2) is 6.38. The molecule has 1 aromatic carbocycles. The molecule has 2 unspecified atom stereocenters. The van der Waals surface area contributed by atoms with Gasteiger partial charge < -0.3 is 10.8 Å². The lowest BCUT2D eigenvalue weighted by atomic mass is 9.75. The van der Waals surface area contributed by atoms with E-state index in [9.17, 15) is 5.11 Å². The van der Waals surface area contributed by atoms with Gasteiger partial charge in [0.05, 0.1) is 0 Å². The predicted octanol–water partition coefficient (Wildman–Crippen LogP) is 4.93. The first-order chi connectivity index (χ1) is 10.5. The summed E-state index contributed by atoms with van der Waals surface area (Å²) in [7, 11) is 0. The van der Waals surface area contributed by atoms with Crippen molar-refractivity contribution in [3.05, 3.63) is 34.3 Å². The third-order valence-electron chi connectivity index (χ3n) is 5.70. The van der Waals surface area contributed by atoms with Gasteiger partial charge in [-0.15, -0.1) is 0 Å². The fraction of sp³-hybridized carbons (Fsp3) is 0.700. The minimum absolute atomic E-state index is 0.00710. The Morgan fingerprint density at radius 1 is 1.26 bits per heavy atom. The van der Waals surface area contributed by atoms with Crippen LogP contribution in [0.3, 0.4) is 0 Å². The summed E-state index contributed by atoms with van der Waals surface area (Å²) in [5, 5.41) is 10.5. The van der Waals surface area contributed by atoms with Crippen LogP contribution in [0.15, 0.2) is 18.2 Å². The van der Waals surface area contributed by atoms with Crippen molar-refractivity contribution in [3.8, 4) is 0 Å². The molecule has 1 aliphatic rings. The summed E-state index contributed by atoms with van der Waals surface area (Å²) in [6, 6.07) is 6.26. The minimum Gasteiger partial charge on any atom is -0.396 e. The second-order valence-corrected chi connectivity index (χ2v) is 9.27. The summed E-state index contributed by atoms with van der Waals surface area (Å²) >= 11 is 6.60. The van der Waals surface area contributed by atoms with Gasteiger partial charge in [0.15, 0.2) is 0 Å². The Hall–Kier alpha value is -0.570. The zero-order valence-corrected chi connectivity index (χ0v) is 16.1. The third kappa shape index (κ3) is 3.75. The molecule has 0 radical (unpaired) electrons. The van der Waals surface area contributed by atoms with Gasteiger partial charge >= 0.3 is 0 Å². The van der Waals surface area contributed by atoms with Gasteiger partial charge in [-0.1, -0.05) is 58.4 Å². The van der Waals surface area contributed by atoms with Gasteiger partial charge in [0.1, 0.15) is 0 Å². The molecule has 0 heterocycles. The zero-order valence-electron chi connectivity index (χ0n) is 15.4. The van der Waals surface area contributed by atoms with E-state index < -0.39 is 5.54 Å². The molecular weight excluding hydrogens is 306 g/mol.